The molecule has 0 radical (unpaired) electrons. The molecule has 4 atom stereocenters. The van der Waals surface area contributed by atoms with E-state index in [1.165, 1.54) is 27.7 Å². The van der Waals surface area contributed by atoms with E-state index in [9.17, 15) is 19.2 Å². The Morgan fingerprint density at radius 2 is 1.61 bits per heavy atom. The van der Waals surface area contributed by atoms with E-state index in [0.717, 1.165) is 11.8 Å². The highest BCUT2D eigenvalue weighted by Crippen LogP contribution is 2.33. The number of ether oxygens (including phenoxy) is 4. The van der Waals surface area contributed by atoms with E-state index in [-0.39, 0.29) is 18.1 Å². The number of carbonyl (C=O) groups is 4. The van der Waals surface area contributed by atoms with Gasteiger partial charge in [-0.2, -0.15) is 0 Å². The molecule has 0 aromatic heterocycles. The van der Waals surface area contributed by atoms with Gasteiger partial charge in [-0.05, 0) is 0 Å². The Kier molecular flexibility index (Phi) is 7.50. The van der Waals surface area contributed by atoms with Gasteiger partial charge in [0.05, 0.1) is 5.25 Å². The van der Waals surface area contributed by atoms with Crippen LogP contribution in [0.1, 0.15) is 34.1 Å². The minimum absolute atomic E-state index is 0.179. The van der Waals surface area contributed by atoms with Gasteiger partial charge in [0, 0.05) is 34.1 Å². The average molecular weight is 348 g/mol. The zero-order valence-electron chi connectivity index (χ0n) is 13.4. The second kappa shape index (κ2) is 8.88. The topological polar surface area (TPSA) is 105 Å². The molecule has 130 valence electrons. The summed E-state index contributed by atoms with van der Waals surface area (Å²) >= 11 is 0.966. The fraction of sp³-hybridized carbons (Fsp3) is 0.714. The highest BCUT2D eigenvalue weighted by atomic mass is 32.2. The van der Waals surface area contributed by atoms with Crippen molar-refractivity contribution in [1.82, 2.24) is 0 Å². The van der Waals surface area contributed by atoms with Crippen LogP contribution in [0.2, 0.25) is 0 Å². The Balaban J connectivity index is 2.94. The Morgan fingerprint density at radius 1 is 1.00 bits per heavy atom. The third kappa shape index (κ3) is 7.00. The van der Waals surface area contributed by atoms with Gasteiger partial charge >= 0.3 is 17.9 Å². The second-order valence-electron chi connectivity index (χ2n) is 4.97. The van der Waals surface area contributed by atoms with Crippen LogP contribution in [-0.2, 0) is 38.1 Å². The van der Waals surface area contributed by atoms with Crippen molar-refractivity contribution in [2.45, 2.75) is 57.9 Å². The standard InChI is InChI=1S/C14H20O8S/c1-7(15)19-6-11-14(21-9(3)17)12(23-10(4)18)5-13(22-11)20-8(2)16/h11-14H,5-6H2,1-4H3/t11-,12+,13+,14-/m1/s1. The molecule has 0 unspecified atom stereocenters. The lowest BCUT2D eigenvalue weighted by Crippen LogP contribution is -2.52. The van der Waals surface area contributed by atoms with Crippen molar-refractivity contribution in [2.75, 3.05) is 6.61 Å². The predicted molar refractivity (Wildman–Crippen MR) is 79.3 cm³/mol. The summed E-state index contributed by atoms with van der Waals surface area (Å²) < 4.78 is 20.7. The molecular weight excluding hydrogens is 328 g/mol. The molecule has 8 nitrogen and oxygen atoms in total. The van der Waals surface area contributed by atoms with Crippen LogP contribution >= 0.6 is 11.8 Å². The maximum absolute atomic E-state index is 11.4. The molecule has 0 saturated carbocycles. The quantitative estimate of drug-likeness (QED) is 0.527. The molecule has 1 aliphatic rings. The van der Waals surface area contributed by atoms with Crippen LogP contribution in [0.25, 0.3) is 0 Å². The van der Waals surface area contributed by atoms with Crippen LogP contribution in [0.15, 0.2) is 0 Å². The Hall–Kier alpha value is -1.61. The van der Waals surface area contributed by atoms with Crippen LogP contribution in [-0.4, -0.2) is 53.4 Å². The molecule has 1 aliphatic heterocycles. The molecule has 0 aromatic rings. The van der Waals surface area contributed by atoms with Crippen molar-refractivity contribution in [1.29, 1.82) is 0 Å². The van der Waals surface area contributed by atoms with Gasteiger partial charge in [-0.3, -0.25) is 19.2 Å². The summed E-state index contributed by atoms with van der Waals surface area (Å²) in [6.45, 7) is 4.90. The molecule has 1 fully saturated rings. The van der Waals surface area contributed by atoms with E-state index in [2.05, 4.69) is 0 Å². The molecule has 0 spiro atoms. The van der Waals surface area contributed by atoms with Gasteiger partial charge in [-0.15, -0.1) is 0 Å². The molecule has 0 amide bonds. The van der Waals surface area contributed by atoms with Crippen LogP contribution in [0.5, 0.6) is 0 Å². The van der Waals surface area contributed by atoms with Gasteiger partial charge in [0.15, 0.2) is 5.12 Å². The lowest BCUT2D eigenvalue weighted by atomic mass is 10.0. The van der Waals surface area contributed by atoms with E-state index in [1.54, 1.807) is 0 Å². The summed E-state index contributed by atoms with van der Waals surface area (Å²) in [4.78, 5) is 44.9. The molecular formula is C14H20O8S. The summed E-state index contributed by atoms with van der Waals surface area (Å²) in [5.74, 6) is -1.62. The summed E-state index contributed by atoms with van der Waals surface area (Å²) in [7, 11) is 0. The highest BCUT2D eigenvalue weighted by molar-refractivity contribution is 8.14. The summed E-state index contributed by atoms with van der Waals surface area (Å²) in [5, 5.41) is -0.656. The normalized spacial score (nSPS) is 27.0. The van der Waals surface area contributed by atoms with Crippen molar-refractivity contribution in [3.63, 3.8) is 0 Å². The lowest BCUT2D eigenvalue weighted by molar-refractivity contribution is -0.232. The minimum Gasteiger partial charge on any atom is -0.463 e. The molecule has 1 rings (SSSR count). The number of hydrogen-bond acceptors (Lipinski definition) is 9. The van der Waals surface area contributed by atoms with Crippen LogP contribution in [0, 0.1) is 0 Å². The van der Waals surface area contributed by atoms with Crippen molar-refractivity contribution in [2.24, 2.45) is 0 Å². The molecule has 9 heteroatoms. The smallest absolute Gasteiger partial charge is 0.304 e. The van der Waals surface area contributed by atoms with Gasteiger partial charge in [-0.1, -0.05) is 11.8 Å². The third-order valence-electron chi connectivity index (χ3n) is 2.85. The molecule has 1 heterocycles. The molecule has 1 saturated heterocycles. The van der Waals surface area contributed by atoms with Crippen molar-refractivity contribution in [3.8, 4) is 0 Å². The zero-order valence-corrected chi connectivity index (χ0v) is 14.2. The average Bonchev–Trinajstić information content (AvgIpc) is 2.37. The van der Waals surface area contributed by atoms with Gasteiger partial charge in [-0.25, -0.2) is 0 Å². The molecule has 0 aliphatic carbocycles. The maximum Gasteiger partial charge on any atom is 0.304 e. The molecule has 0 bridgehead atoms. The number of carbonyl (C=O) groups excluding carboxylic acids is 4. The highest BCUT2D eigenvalue weighted by Gasteiger charge is 2.43. The Labute approximate surface area is 138 Å². The van der Waals surface area contributed by atoms with Gasteiger partial charge in [0.1, 0.15) is 18.8 Å². The van der Waals surface area contributed by atoms with E-state index in [1.807, 2.05) is 0 Å². The van der Waals surface area contributed by atoms with Crippen molar-refractivity contribution >= 4 is 34.8 Å². The van der Waals surface area contributed by atoms with Crippen molar-refractivity contribution in [3.05, 3.63) is 0 Å². The zero-order chi connectivity index (χ0) is 17.6. The summed E-state index contributed by atoms with van der Waals surface area (Å²) in [5.41, 5.74) is 0. The largest absolute Gasteiger partial charge is 0.463 e. The first kappa shape index (κ1) is 19.4. The SMILES string of the molecule is CC(=O)OC[C@H]1O[C@H](OC(C)=O)C[C@H](SC(C)=O)[C@@H]1OC(C)=O. The first-order chi connectivity index (χ1) is 10.7. The lowest BCUT2D eigenvalue weighted by Gasteiger charge is -2.39. The maximum atomic E-state index is 11.4. The van der Waals surface area contributed by atoms with Crippen LogP contribution in [0.3, 0.4) is 0 Å². The number of thioether (sulfide) groups is 1. The van der Waals surface area contributed by atoms with E-state index in [0.29, 0.717) is 0 Å². The fourth-order valence-corrected chi connectivity index (χ4v) is 3.20. The molecule has 0 N–H and O–H groups in total. The summed E-state index contributed by atoms with van der Waals surface area (Å²) in [6, 6.07) is 0. The molecule has 23 heavy (non-hydrogen) atoms. The number of esters is 3. The van der Waals surface area contributed by atoms with Crippen molar-refractivity contribution < 1.29 is 38.1 Å². The fourth-order valence-electron chi connectivity index (χ4n) is 2.16. The minimum atomic E-state index is -0.906. The first-order valence-electron chi connectivity index (χ1n) is 6.99. The Bertz CT molecular complexity index is 477. The van der Waals surface area contributed by atoms with E-state index in [4.69, 9.17) is 18.9 Å². The third-order valence-corrected chi connectivity index (χ3v) is 3.95. The van der Waals surface area contributed by atoms with Gasteiger partial charge in [0.2, 0.25) is 6.29 Å². The number of hydrogen-bond donors (Lipinski definition) is 0. The second-order valence-corrected chi connectivity index (χ2v) is 6.39. The van der Waals surface area contributed by atoms with Crippen LogP contribution < -0.4 is 0 Å². The van der Waals surface area contributed by atoms with Crippen LogP contribution in [0.4, 0.5) is 0 Å². The molecule has 0 aromatic carbocycles. The summed E-state index contributed by atoms with van der Waals surface area (Å²) in [6.07, 6.45) is -2.36. The van der Waals surface area contributed by atoms with E-state index < -0.39 is 41.7 Å². The first-order valence-corrected chi connectivity index (χ1v) is 7.87. The van der Waals surface area contributed by atoms with Gasteiger partial charge < -0.3 is 18.9 Å². The number of rotatable bonds is 5. The predicted octanol–water partition coefficient (Wildman–Crippen LogP) is 0.808. The Morgan fingerprint density at radius 3 is 2.09 bits per heavy atom. The monoisotopic (exact) mass is 348 g/mol. The van der Waals surface area contributed by atoms with Gasteiger partial charge in [0.25, 0.3) is 0 Å². The van der Waals surface area contributed by atoms with E-state index >= 15 is 0 Å².